The van der Waals surface area contributed by atoms with Gasteiger partial charge >= 0.3 is 0 Å². The predicted octanol–water partition coefficient (Wildman–Crippen LogP) is 3.34. The summed E-state index contributed by atoms with van der Waals surface area (Å²) in [5.74, 6) is 0.321. The summed E-state index contributed by atoms with van der Waals surface area (Å²) in [5.41, 5.74) is 1.73. The third-order valence-electron chi connectivity index (χ3n) is 4.47. The largest absolute Gasteiger partial charge is 0.497 e. The highest BCUT2D eigenvalue weighted by atomic mass is 19.1. The van der Waals surface area contributed by atoms with E-state index in [1.807, 2.05) is 12.3 Å². The third-order valence-corrected chi connectivity index (χ3v) is 4.47. The van der Waals surface area contributed by atoms with E-state index >= 15 is 0 Å². The van der Waals surface area contributed by atoms with Crippen molar-refractivity contribution >= 4 is 10.9 Å². The van der Waals surface area contributed by atoms with Crippen LogP contribution in [-0.2, 0) is 6.42 Å². The minimum Gasteiger partial charge on any atom is -0.497 e. The van der Waals surface area contributed by atoms with Gasteiger partial charge in [0.1, 0.15) is 5.75 Å². The normalized spacial score (nSPS) is 15.8. The number of H-pyrrole nitrogens is 1. The molecule has 1 N–H and O–H groups in total. The molecule has 20 heavy (non-hydrogen) atoms. The number of nitrogens with zero attached hydrogens (tertiary/aromatic N) is 1. The molecule has 3 rings (SSSR count). The molecule has 1 heterocycles. The average Bonchev–Trinajstić information content (AvgIpc) is 2.77. The van der Waals surface area contributed by atoms with Crippen molar-refractivity contribution in [2.24, 2.45) is 0 Å². The highest BCUT2D eigenvalue weighted by molar-refractivity contribution is 5.85. The number of ether oxygens (including phenoxy) is 1. The molecule has 3 nitrogen and oxygen atoms in total. The molecular weight excluding hydrogens is 255 g/mol. The number of rotatable bonds is 5. The molecule has 0 aliphatic heterocycles. The van der Waals surface area contributed by atoms with E-state index in [1.54, 1.807) is 7.11 Å². The Balaban J connectivity index is 1.78. The highest BCUT2D eigenvalue weighted by Crippen LogP contribution is 2.28. The summed E-state index contributed by atoms with van der Waals surface area (Å²) in [5, 5.41) is 0.934. The second-order valence-electron chi connectivity index (χ2n) is 5.66. The molecule has 0 saturated heterocycles. The van der Waals surface area contributed by atoms with Crippen LogP contribution in [0.4, 0.5) is 4.39 Å². The lowest BCUT2D eigenvalue weighted by atomic mass is 9.91. The summed E-state index contributed by atoms with van der Waals surface area (Å²) in [4.78, 5) is 5.46. The van der Waals surface area contributed by atoms with Crippen molar-refractivity contribution in [1.29, 1.82) is 0 Å². The van der Waals surface area contributed by atoms with E-state index in [2.05, 4.69) is 16.9 Å². The monoisotopic (exact) mass is 276 g/mol. The average molecular weight is 276 g/mol. The van der Waals surface area contributed by atoms with Crippen LogP contribution in [-0.4, -0.2) is 36.6 Å². The van der Waals surface area contributed by atoms with Gasteiger partial charge in [0.2, 0.25) is 0 Å². The summed E-state index contributed by atoms with van der Waals surface area (Å²) in [6.07, 6.45) is 6.82. The van der Waals surface area contributed by atoms with E-state index in [0.717, 1.165) is 30.0 Å². The van der Waals surface area contributed by atoms with E-state index < -0.39 is 0 Å². The van der Waals surface area contributed by atoms with Crippen LogP contribution in [0.2, 0.25) is 0 Å². The van der Waals surface area contributed by atoms with Gasteiger partial charge in [0.15, 0.2) is 5.82 Å². The Hall–Kier alpha value is -1.55. The number of benzene rings is 1. The summed E-state index contributed by atoms with van der Waals surface area (Å²) >= 11 is 0. The van der Waals surface area contributed by atoms with Crippen molar-refractivity contribution in [2.45, 2.75) is 31.7 Å². The van der Waals surface area contributed by atoms with E-state index in [1.165, 1.54) is 25.3 Å². The minimum absolute atomic E-state index is 0.252. The summed E-state index contributed by atoms with van der Waals surface area (Å²) < 4.78 is 19.1. The first-order valence-electron chi connectivity index (χ1n) is 7.23. The molecule has 1 aromatic carbocycles. The fourth-order valence-electron chi connectivity index (χ4n) is 2.85. The molecule has 4 heteroatoms. The molecule has 0 radical (unpaired) electrons. The molecule has 1 saturated carbocycles. The zero-order chi connectivity index (χ0) is 14.1. The fraction of sp³-hybridized carbons (Fsp3) is 0.500. The molecule has 1 aromatic heterocycles. The summed E-state index contributed by atoms with van der Waals surface area (Å²) in [7, 11) is 3.75. The van der Waals surface area contributed by atoms with Gasteiger partial charge in [-0.2, -0.15) is 0 Å². The maximum Gasteiger partial charge on any atom is 0.150 e. The Morgan fingerprint density at radius 2 is 2.20 bits per heavy atom. The van der Waals surface area contributed by atoms with Gasteiger partial charge in [0.05, 0.1) is 12.6 Å². The van der Waals surface area contributed by atoms with Gasteiger partial charge in [-0.3, -0.25) is 0 Å². The second kappa shape index (κ2) is 5.44. The summed E-state index contributed by atoms with van der Waals surface area (Å²) in [6, 6.07) is 4.07. The zero-order valence-corrected chi connectivity index (χ0v) is 12.1. The lowest BCUT2D eigenvalue weighted by molar-refractivity contribution is 0.161. The number of methoxy groups -OCH3 is 1. The lowest BCUT2D eigenvalue weighted by Gasteiger charge is -2.34. The molecule has 1 aliphatic carbocycles. The Morgan fingerprint density at radius 3 is 2.85 bits per heavy atom. The Kier molecular flexibility index (Phi) is 3.66. The number of aromatic nitrogens is 1. The molecule has 0 bridgehead atoms. The van der Waals surface area contributed by atoms with Crippen molar-refractivity contribution in [3.8, 4) is 5.75 Å². The standard InChI is InChI=1S/C16H21FN2O/c1-19(12-4-3-5-12)7-6-11-10-18-16-14(11)8-13(20-2)9-15(16)17/h8-10,12,18H,3-7H2,1-2H3. The van der Waals surface area contributed by atoms with Crippen LogP contribution in [0.1, 0.15) is 24.8 Å². The van der Waals surface area contributed by atoms with Crippen molar-refractivity contribution in [3.05, 3.63) is 29.7 Å². The SMILES string of the molecule is COc1cc(F)c2[nH]cc(CCN(C)C3CCC3)c2c1. The van der Waals surface area contributed by atoms with Crippen molar-refractivity contribution in [1.82, 2.24) is 9.88 Å². The van der Waals surface area contributed by atoms with Gasteiger partial charge in [-0.15, -0.1) is 0 Å². The van der Waals surface area contributed by atoms with Crippen LogP contribution in [0.15, 0.2) is 18.3 Å². The van der Waals surface area contributed by atoms with Crippen molar-refractivity contribution in [3.63, 3.8) is 0 Å². The van der Waals surface area contributed by atoms with Gasteiger partial charge in [0, 0.05) is 30.2 Å². The molecule has 108 valence electrons. The van der Waals surface area contributed by atoms with Crippen LogP contribution >= 0.6 is 0 Å². The minimum atomic E-state index is -0.252. The molecule has 2 aromatic rings. The first-order valence-corrected chi connectivity index (χ1v) is 7.23. The van der Waals surface area contributed by atoms with Gasteiger partial charge in [-0.05, 0) is 37.9 Å². The Labute approximate surface area is 118 Å². The quantitative estimate of drug-likeness (QED) is 0.907. The van der Waals surface area contributed by atoms with Gasteiger partial charge in [-0.25, -0.2) is 4.39 Å². The molecule has 1 fully saturated rings. The molecule has 1 aliphatic rings. The molecule has 0 unspecified atom stereocenters. The molecule has 0 spiro atoms. The number of likely N-dealkylation sites (N-methyl/N-ethyl adjacent to an activating group) is 1. The second-order valence-corrected chi connectivity index (χ2v) is 5.66. The van der Waals surface area contributed by atoms with Gasteiger partial charge in [-0.1, -0.05) is 6.42 Å². The van der Waals surface area contributed by atoms with Crippen LogP contribution in [0.5, 0.6) is 5.75 Å². The van der Waals surface area contributed by atoms with Crippen LogP contribution in [0.3, 0.4) is 0 Å². The number of hydrogen-bond acceptors (Lipinski definition) is 2. The first kappa shape index (κ1) is 13.4. The molecule has 0 atom stereocenters. The van der Waals surface area contributed by atoms with E-state index in [-0.39, 0.29) is 5.82 Å². The van der Waals surface area contributed by atoms with Crippen LogP contribution in [0.25, 0.3) is 10.9 Å². The maximum absolute atomic E-state index is 13.9. The summed E-state index contributed by atoms with van der Waals surface area (Å²) in [6.45, 7) is 1.01. The molecule has 0 amide bonds. The van der Waals surface area contributed by atoms with Gasteiger partial charge < -0.3 is 14.6 Å². The Morgan fingerprint density at radius 1 is 1.40 bits per heavy atom. The maximum atomic E-state index is 13.9. The van der Waals surface area contributed by atoms with Crippen molar-refractivity contribution < 1.29 is 9.13 Å². The lowest BCUT2D eigenvalue weighted by Crippen LogP contribution is -2.38. The Bertz CT molecular complexity index is 604. The predicted molar refractivity (Wildman–Crippen MR) is 78.8 cm³/mol. The van der Waals surface area contributed by atoms with E-state index in [0.29, 0.717) is 11.3 Å². The van der Waals surface area contributed by atoms with Crippen molar-refractivity contribution in [2.75, 3.05) is 20.7 Å². The topological polar surface area (TPSA) is 28.3 Å². The van der Waals surface area contributed by atoms with E-state index in [4.69, 9.17) is 4.74 Å². The number of halogens is 1. The van der Waals surface area contributed by atoms with Crippen LogP contribution < -0.4 is 4.74 Å². The number of hydrogen-bond donors (Lipinski definition) is 1. The smallest absolute Gasteiger partial charge is 0.150 e. The zero-order valence-electron chi connectivity index (χ0n) is 12.1. The first-order chi connectivity index (χ1) is 9.69. The number of fused-ring (bicyclic) bond motifs is 1. The third kappa shape index (κ3) is 2.40. The molecular formula is C16H21FN2O. The number of aromatic amines is 1. The van der Waals surface area contributed by atoms with Gasteiger partial charge in [0.25, 0.3) is 0 Å². The highest BCUT2D eigenvalue weighted by Gasteiger charge is 2.21. The fourth-order valence-corrected chi connectivity index (χ4v) is 2.85. The number of nitrogens with one attached hydrogen (secondary N) is 1. The van der Waals surface area contributed by atoms with Crippen LogP contribution in [0, 0.1) is 5.82 Å². The van der Waals surface area contributed by atoms with E-state index in [9.17, 15) is 4.39 Å².